The monoisotopic (exact) mass is 228 g/mol. The third kappa shape index (κ3) is 2.92. The van der Waals surface area contributed by atoms with E-state index >= 15 is 0 Å². The standard InChI is InChI=1S/C12H18F2N2/c1-3-4-5-16(2)12-10(13)6-9(8-15)7-11(12)14/h6-7H,3-5,8,15H2,1-2H3. The maximum atomic E-state index is 13.6. The fraction of sp³-hybridized carbons (Fsp3) is 0.500. The van der Waals surface area contributed by atoms with Crippen LogP contribution in [0, 0.1) is 11.6 Å². The lowest BCUT2D eigenvalue weighted by Gasteiger charge is -2.20. The molecule has 0 unspecified atom stereocenters. The van der Waals surface area contributed by atoms with E-state index in [1.165, 1.54) is 12.1 Å². The van der Waals surface area contributed by atoms with Crippen LogP contribution in [0.15, 0.2) is 12.1 Å². The van der Waals surface area contributed by atoms with Crippen LogP contribution in [0.2, 0.25) is 0 Å². The van der Waals surface area contributed by atoms with Crippen molar-refractivity contribution in [2.45, 2.75) is 26.3 Å². The first-order valence-electron chi connectivity index (χ1n) is 5.49. The van der Waals surface area contributed by atoms with Crippen molar-refractivity contribution in [2.24, 2.45) is 5.73 Å². The fourth-order valence-electron chi connectivity index (χ4n) is 1.61. The maximum Gasteiger partial charge on any atom is 0.149 e. The van der Waals surface area contributed by atoms with E-state index in [1.54, 1.807) is 11.9 Å². The number of benzene rings is 1. The van der Waals surface area contributed by atoms with Gasteiger partial charge in [0, 0.05) is 20.1 Å². The molecule has 2 nitrogen and oxygen atoms in total. The lowest BCUT2D eigenvalue weighted by molar-refractivity contribution is 0.571. The van der Waals surface area contributed by atoms with Gasteiger partial charge in [-0.1, -0.05) is 13.3 Å². The van der Waals surface area contributed by atoms with Gasteiger partial charge in [0.1, 0.15) is 17.3 Å². The molecule has 1 aromatic rings. The van der Waals surface area contributed by atoms with Gasteiger partial charge in [0.25, 0.3) is 0 Å². The van der Waals surface area contributed by atoms with Gasteiger partial charge in [0.15, 0.2) is 0 Å². The number of hydrogen-bond acceptors (Lipinski definition) is 2. The summed E-state index contributed by atoms with van der Waals surface area (Å²) in [6, 6.07) is 2.59. The summed E-state index contributed by atoms with van der Waals surface area (Å²) < 4.78 is 27.3. The Bertz CT molecular complexity index is 330. The molecule has 0 aliphatic rings. The number of rotatable bonds is 5. The van der Waals surface area contributed by atoms with E-state index in [4.69, 9.17) is 5.73 Å². The molecule has 0 fully saturated rings. The number of nitrogens with zero attached hydrogens (tertiary/aromatic N) is 1. The molecule has 0 aliphatic heterocycles. The summed E-state index contributed by atoms with van der Waals surface area (Å²) in [5.74, 6) is -1.09. The summed E-state index contributed by atoms with van der Waals surface area (Å²) in [7, 11) is 1.69. The highest BCUT2D eigenvalue weighted by Crippen LogP contribution is 2.24. The van der Waals surface area contributed by atoms with E-state index in [9.17, 15) is 8.78 Å². The van der Waals surface area contributed by atoms with Crippen LogP contribution in [0.3, 0.4) is 0 Å². The van der Waals surface area contributed by atoms with Gasteiger partial charge < -0.3 is 10.6 Å². The van der Waals surface area contributed by atoms with Crippen LogP contribution in [-0.4, -0.2) is 13.6 Å². The molecular formula is C12H18F2N2. The lowest BCUT2D eigenvalue weighted by atomic mass is 10.1. The number of nitrogens with two attached hydrogens (primary N) is 1. The van der Waals surface area contributed by atoms with Gasteiger partial charge in [-0.3, -0.25) is 0 Å². The average Bonchev–Trinajstić information content (AvgIpc) is 2.25. The van der Waals surface area contributed by atoms with E-state index in [2.05, 4.69) is 0 Å². The van der Waals surface area contributed by atoms with Crippen LogP contribution < -0.4 is 10.6 Å². The number of unbranched alkanes of at least 4 members (excludes halogenated alkanes) is 1. The number of hydrogen-bond donors (Lipinski definition) is 1. The predicted molar refractivity (Wildman–Crippen MR) is 62.4 cm³/mol. The molecule has 2 N–H and O–H groups in total. The molecule has 16 heavy (non-hydrogen) atoms. The van der Waals surface area contributed by atoms with Crippen molar-refractivity contribution >= 4 is 5.69 Å². The molecule has 0 spiro atoms. The fourth-order valence-corrected chi connectivity index (χ4v) is 1.61. The zero-order chi connectivity index (χ0) is 12.1. The highest BCUT2D eigenvalue weighted by molar-refractivity contribution is 5.50. The summed E-state index contributed by atoms with van der Waals surface area (Å²) in [6.07, 6.45) is 1.91. The highest BCUT2D eigenvalue weighted by atomic mass is 19.1. The zero-order valence-corrected chi connectivity index (χ0v) is 9.76. The van der Waals surface area contributed by atoms with E-state index in [0.29, 0.717) is 12.1 Å². The molecule has 1 rings (SSSR count). The molecule has 0 aromatic heterocycles. The maximum absolute atomic E-state index is 13.6. The number of halogens is 2. The van der Waals surface area contributed by atoms with Crippen LogP contribution in [0.4, 0.5) is 14.5 Å². The molecule has 0 atom stereocenters. The van der Waals surface area contributed by atoms with Gasteiger partial charge in [-0.15, -0.1) is 0 Å². The lowest BCUT2D eigenvalue weighted by Crippen LogP contribution is -2.21. The van der Waals surface area contributed by atoms with Crippen molar-refractivity contribution in [3.8, 4) is 0 Å². The second kappa shape index (κ2) is 5.80. The van der Waals surface area contributed by atoms with E-state index in [-0.39, 0.29) is 12.2 Å². The minimum Gasteiger partial charge on any atom is -0.370 e. The van der Waals surface area contributed by atoms with Gasteiger partial charge >= 0.3 is 0 Å². The number of anilines is 1. The van der Waals surface area contributed by atoms with E-state index in [1.807, 2.05) is 6.92 Å². The van der Waals surface area contributed by atoms with Gasteiger partial charge in [-0.2, -0.15) is 0 Å². The van der Waals surface area contributed by atoms with Crippen LogP contribution in [-0.2, 0) is 6.54 Å². The van der Waals surface area contributed by atoms with Gasteiger partial charge in [0.2, 0.25) is 0 Å². The summed E-state index contributed by atoms with van der Waals surface area (Å²) in [4.78, 5) is 1.61. The van der Waals surface area contributed by atoms with E-state index < -0.39 is 11.6 Å². The second-order valence-corrected chi connectivity index (χ2v) is 3.89. The van der Waals surface area contributed by atoms with Crippen LogP contribution in [0.25, 0.3) is 0 Å². The Hall–Kier alpha value is -1.16. The molecule has 4 heteroatoms. The quantitative estimate of drug-likeness (QED) is 0.839. The van der Waals surface area contributed by atoms with Gasteiger partial charge in [-0.05, 0) is 24.1 Å². The first kappa shape index (κ1) is 12.9. The van der Waals surface area contributed by atoms with Crippen LogP contribution >= 0.6 is 0 Å². The Kier molecular flexibility index (Phi) is 4.68. The normalized spacial score (nSPS) is 10.6. The molecule has 0 aliphatic carbocycles. The predicted octanol–water partition coefficient (Wildman–Crippen LogP) is 2.66. The Morgan fingerprint density at radius 3 is 2.25 bits per heavy atom. The van der Waals surface area contributed by atoms with E-state index in [0.717, 1.165) is 12.8 Å². The third-order valence-electron chi connectivity index (χ3n) is 2.54. The molecule has 0 amide bonds. The Morgan fingerprint density at radius 1 is 1.25 bits per heavy atom. The van der Waals surface area contributed by atoms with Crippen molar-refractivity contribution < 1.29 is 8.78 Å². The van der Waals surface area contributed by atoms with Crippen molar-refractivity contribution in [1.82, 2.24) is 0 Å². The first-order valence-corrected chi connectivity index (χ1v) is 5.49. The summed E-state index contributed by atoms with van der Waals surface area (Å²) >= 11 is 0. The van der Waals surface area contributed by atoms with Crippen molar-refractivity contribution in [3.63, 3.8) is 0 Å². The van der Waals surface area contributed by atoms with Crippen molar-refractivity contribution in [2.75, 3.05) is 18.5 Å². The smallest absolute Gasteiger partial charge is 0.149 e. The zero-order valence-electron chi connectivity index (χ0n) is 9.76. The molecule has 0 heterocycles. The van der Waals surface area contributed by atoms with Gasteiger partial charge in [0.05, 0.1) is 0 Å². The Labute approximate surface area is 95.1 Å². The minimum atomic E-state index is -0.543. The molecule has 0 saturated heterocycles. The van der Waals surface area contributed by atoms with Crippen molar-refractivity contribution in [1.29, 1.82) is 0 Å². The molecule has 0 saturated carbocycles. The molecular weight excluding hydrogens is 210 g/mol. The average molecular weight is 228 g/mol. The largest absolute Gasteiger partial charge is 0.370 e. The topological polar surface area (TPSA) is 29.3 Å². The molecule has 0 radical (unpaired) electrons. The van der Waals surface area contributed by atoms with Crippen LogP contribution in [0.1, 0.15) is 25.3 Å². The SMILES string of the molecule is CCCCN(C)c1c(F)cc(CN)cc1F. The Morgan fingerprint density at radius 2 is 1.81 bits per heavy atom. The second-order valence-electron chi connectivity index (χ2n) is 3.89. The molecule has 90 valence electrons. The summed E-state index contributed by atoms with van der Waals surface area (Å²) in [5.41, 5.74) is 5.85. The third-order valence-corrected chi connectivity index (χ3v) is 2.54. The Balaban J connectivity index is 2.95. The molecule has 1 aromatic carbocycles. The summed E-state index contributed by atoms with van der Waals surface area (Å²) in [5, 5.41) is 0. The molecule has 0 bridgehead atoms. The summed E-state index contributed by atoms with van der Waals surface area (Å²) in [6.45, 7) is 2.83. The highest BCUT2D eigenvalue weighted by Gasteiger charge is 2.14. The first-order chi connectivity index (χ1) is 7.60. The van der Waals surface area contributed by atoms with Crippen molar-refractivity contribution in [3.05, 3.63) is 29.3 Å². The minimum absolute atomic E-state index is 0.0330. The van der Waals surface area contributed by atoms with Gasteiger partial charge in [-0.25, -0.2) is 8.78 Å². The van der Waals surface area contributed by atoms with Crippen LogP contribution in [0.5, 0.6) is 0 Å².